The fourth-order valence-electron chi connectivity index (χ4n) is 4.37. The zero-order valence-corrected chi connectivity index (χ0v) is 26.0. The first-order chi connectivity index (χ1) is 20.7. The first-order valence-corrected chi connectivity index (χ1v) is 16.2. The summed E-state index contributed by atoms with van der Waals surface area (Å²) < 4.78 is 33.6. The molecule has 0 aliphatic heterocycles. The maximum atomic E-state index is 12.8. The number of benzene rings is 3. The van der Waals surface area contributed by atoms with Gasteiger partial charge in [0.05, 0.1) is 21.5 Å². The predicted octanol–water partition coefficient (Wildman–Crippen LogP) is 7.44. The van der Waals surface area contributed by atoms with Crippen molar-refractivity contribution in [3.63, 3.8) is 0 Å². The normalized spacial score (nSPS) is 12.2. The summed E-state index contributed by atoms with van der Waals surface area (Å²) in [6, 6.07) is 17.2. The van der Waals surface area contributed by atoms with Crippen LogP contribution in [0.25, 0.3) is 22.5 Å². The number of carbonyl (C=O) groups is 1. The van der Waals surface area contributed by atoms with E-state index in [0.29, 0.717) is 18.0 Å². The molecule has 226 valence electrons. The van der Waals surface area contributed by atoms with Crippen LogP contribution < -0.4 is 9.46 Å². The second-order valence-corrected chi connectivity index (χ2v) is 12.6. The van der Waals surface area contributed by atoms with Crippen LogP contribution in [-0.4, -0.2) is 42.1 Å². The molecule has 1 aromatic heterocycles. The average Bonchev–Trinajstić information content (AvgIpc) is 3.00. The lowest BCUT2D eigenvalue weighted by Crippen LogP contribution is -2.42. The number of sulfonamides is 1. The van der Waals surface area contributed by atoms with Gasteiger partial charge in [-0.25, -0.2) is 18.4 Å². The Bertz CT molecular complexity index is 1610. The maximum Gasteiger partial charge on any atom is 0.322 e. The highest BCUT2D eigenvalue weighted by molar-refractivity contribution is 7.89. The zero-order chi connectivity index (χ0) is 30.8. The van der Waals surface area contributed by atoms with Gasteiger partial charge in [0.25, 0.3) is 0 Å². The van der Waals surface area contributed by atoms with Crippen LogP contribution in [0.3, 0.4) is 0 Å². The van der Waals surface area contributed by atoms with E-state index in [9.17, 15) is 18.3 Å². The molecule has 0 bridgehead atoms. The number of carboxylic acids is 1. The second-order valence-electron chi connectivity index (χ2n) is 10.1. The molecule has 4 aromatic rings. The fraction of sp³-hybridized carbons (Fsp3) is 0.281. The van der Waals surface area contributed by atoms with Crippen molar-refractivity contribution in [3.8, 4) is 28.3 Å². The molecule has 8 nitrogen and oxygen atoms in total. The molecule has 0 aliphatic rings. The molecule has 1 heterocycles. The number of rotatable bonds is 15. The molecule has 11 heteroatoms. The Morgan fingerprint density at radius 2 is 1.51 bits per heavy atom. The Balaban J connectivity index is 1.35. The molecule has 43 heavy (non-hydrogen) atoms. The van der Waals surface area contributed by atoms with Crippen LogP contribution in [0, 0.1) is 0 Å². The molecule has 0 fully saturated rings. The lowest BCUT2D eigenvalue weighted by molar-refractivity contribution is -0.138. The third-order valence-electron chi connectivity index (χ3n) is 6.80. The largest absolute Gasteiger partial charge is 0.494 e. The summed E-state index contributed by atoms with van der Waals surface area (Å²) in [7, 11) is -4.15. The summed E-state index contributed by atoms with van der Waals surface area (Å²) in [4.78, 5) is 20.7. The Labute approximate surface area is 262 Å². The molecule has 3 aromatic carbocycles. The smallest absolute Gasteiger partial charge is 0.322 e. The van der Waals surface area contributed by atoms with E-state index in [-0.39, 0.29) is 21.4 Å². The molecule has 0 saturated carbocycles. The first-order valence-electron chi connectivity index (χ1n) is 14.0. The van der Waals surface area contributed by atoms with Gasteiger partial charge in [0, 0.05) is 23.5 Å². The zero-order valence-electron chi connectivity index (χ0n) is 23.7. The molecule has 0 aliphatic carbocycles. The minimum Gasteiger partial charge on any atom is -0.494 e. The third-order valence-corrected chi connectivity index (χ3v) is 9.01. The Hall–Kier alpha value is -3.50. The van der Waals surface area contributed by atoms with Crippen LogP contribution in [-0.2, 0) is 21.2 Å². The highest BCUT2D eigenvalue weighted by Gasteiger charge is 2.26. The molecular weight excluding hydrogens is 609 g/mol. The number of nitrogens with one attached hydrogen (secondary N) is 1. The Morgan fingerprint density at radius 3 is 2.14 bits per heavy atom. The van der Waals surface area contributed by atoms with E-state index < -0.39 is 22.0 Å². The summed E-state index contributed by atoms with van der Waals surface area (Å²) in [6.45, 7) is 2.92. The summed E-state index contributed by atoms with van der Waals surface area (Å²) in [5.74, 6) is 0.0336. The number of aliphatic carboxylic acids is 1. The molecule has 2 N–H and O–H groups in total. The van der Waals surface area contributed by atoms with Gasteiger partial charge in [0.15, 0.2) is 5.82 Å². The summed E-state index contributed by atoms with van der Waals surface area (Å²) in [6.07, 6.45) is 9.40. The molecule has 0 spiro atoms. The molecule has 0 radical (unpaired) electrons. The number of aromatic nitrogens is 2. The molecule has 0 saturated heterocycles. The van der Waals surface area contributed by atoms with Gasteiger partial charge in [0.1, 0.15) is 11.8 Å². The van der Waals surface area contributed by atoms with E-state index in [0.717, 1.165) is 28.9 Å². The van der Waals surface area contributed by atoms with Gasteiger partial charge in [-0.1, -0.05) is 92.2 Å². The van der Waals surface area contributed by atoms with E-state index in [1.54, 1.807) is 36.7 Å². The summed E-state index contributed by atoms with van der Waals surface area (Å²) >= 11 is 11.8. The van der Waals surface area contributed by atoms with Crippen molar-refractivity contribution in [1.82, 2.24) is 14.7 Å². The number of hydrogen-bond acceptors (Lipinski definition) is 6. The monoisotopic (exact) mass is 641 g/mol. The quantitative estimate of drug-likeness (QED) is 0.129. The highest BCUT2D eigenvalue weighted by Crippen LogP contribution is 2.26. The molecule has 4 rings (SSSR count). The van der Waals surface area contributed by atoms with E-state index in [4.69, 9.17) is 27.9 Å². The van der Waals surface area contributed by atoms with Crippen molar-refractivity contribution in [2.24, 2.45) is 0 Å². The van der Waals surface area contributed by atoms with Crippen LogP contribution in [0.4, 0.5) is 0 Å². The minimum absolute atomic E-state index is 0.0496. The van der Waals surface area contributed by atoms with E-state index in [1.165, 1.54) is 43.9 Å². The topological polar surface area (TPSA) is 118 Å². The molecule has 0 amide bonds. The Morgan fingerprint density at radius 1 is 0.860 bits per heavy atom. The van der Waals surface area contributed by atoms with Gasteiger partial charge in [-0.2, -0.15) is 4.72 Å². The van der Waals surface area contributed by atoms with Gasteiger partial charge < -0.3 is 9.84 Å². The number of hydrogen-bond donors (Lipinski definition) is 2. The standard InChI is InChI=1S/C32H33Cl2N3O5S/c1-2-3-4-5-6-17-42-26-13-11-23(12-14-26)25-20-35-31(36-21-25)24-9-7-22(8-10-24)18-30(32(38)39)37-43(40,41)27-15-16-28(33)29(34)19-27/h7-16,19-21,30,37H,2-6,17-18H2,1H3,(H,38,39). The number of nitrogens with zero attached hydrogens (tertiary/aromatic N) is 2. The van der Waals surface area contributed by atoms with E-state index in [1.807, 2.05) is 24.3 Å². The van der Waals surface area contributed by atoms with Crippen LogP contribution >= 0.6 is 23.2 Å². The van der Waals surface area contributed by atoms with Crippen LogP contribution in [0.2, 0.25) is 10.0 Å². The van der Waals surface area contributed by atoms with Crippen molar-refractivity contribution in [3.05, 3.63) is 94.7 Å². The van der Waals surface area contributed by atoms with E-state index in [2.05, 4.69) is 21.6 Å². The van der Waals surface area contributed by atoms with E-state index >= 15 is 0 Å². The summed E-state index contributed by atoms with van der Waals surface area (Å²) in [5, 5.41) is 9.93. The molecular formula is C32H33Cl2N3O5S. The highest BCUT2D eigenvalue weighted by atomic mass is 35.5. The van der Waals surface area contributed by atoms with Crippen molar-refractivity contribution in [2.45, 2.75) is 56.4 Å². The third kappa shape index (κ3) is 9.24. The number of ether oxygens (including phenoxy) is 1. The van der Waals surface area contributed by atoms with Gasteiger partial charge in [0.2, 0.25) is 10.0 Å². The fourth-order valence-corrected chi connectivity index (χ4v) is 5.95. The van der Waals surface area contributed by atoms with Crippen LogP contribution in [0.1, 0.15) is 44.6 Å². The molecule has 1 unspecified atom stereocenters. The van der Waals surface area contributed by atoms with Crippen LogP contribution in [0.5, 0.6) is 5.75 Å². The number of carboxylic acid groups (broad SMARTS) is 1. The van der Waals surface area contributed by atoms with Gasteiger partial charge >= 0.3 is 5.97 Å². The average molecular weight is 643 g/mol. The number of unbranched alkanes of at least 4 members (excludes halogenated alkanes) is 4. The SMILES string of the molecule is CCCCCCCOc1ccc(-c2cnc(-c3ccc(CC(NS(=O)(=O)c4ccc(Cl)c(Cl)c4)C(=O)O)cc3)nc2)cc1. The predicted molar refractivity (Wildman–Crippen MR) is 169 cm³/mol. The number of halogens is 2. The van der Waals surface area contributed by atoms with Crippen molar-refractivity contribution < 1.29 is 23.1 Å². The Kier molecular flexibility index (Phi) is 11.5. The maximum absolute atomic E-state index is 12.8. The van der Waals surface area contributed by atoms with Gasteiger partial charge in [-0.05, 0) is 54.3 Å². The van der Waals surface area contributed by atoms with Gasteiger partial charge in [-0.15, -0.1) is 0 Å². The van der Waals surface area contributed by atoms with Crippen LogP contribution in [0.15, 0.2) is 84.0 Å². The van der Waals surface area contributed by atoms with Crippen molar-refractivity contribution in [2.75, 3.05) is 6.61 Å². The minimum atomic E-state index is -4.15. The lowest BCUT2D eigenvalue weighted by Gasteiger charge is -2.15. The lowest BCUT2D eigenvalue weighted by atomic mass is 10.0. The van der Waals surface area contributed by atoms with Crippen molar-refractivity contribution >= 4 is 39.2 Å². The molecule has 1 atom stereocenters. The van der Waals surface area contributed by atoms with Gasteiger partial charge in [-0.3, -0.25) is 4.79 Å². The summed E-state index contributed by atoms with van der Waals surface area (Å²) in [5.41, 5.74) is 3.19. The second kappa shape index (κ2) is 15.3. The van der Waals surface area contributed by atoms with Crippen molar-refractivity contribution in [1.29, 1.82) is 0 Å². The first kappa shape index (κ1) is 32.4.